The summed E-state index contributed by atoms with van der Waals surface area (Å²) in [4.78, 5) is 35.0. The maximum absolute atomic E-state index is 12.2. The molecule has 0 aliphatic carbocycles. The summed E-state index contributed by atoms with van der Waals surface area (Å²) in [6.07, 6.45) is -0.803. The number of carbonyl (C=O) groups excluding carboxylic acids is 3. The number of rotatable bonds is 7. The molecule has 0 radical (unpaired) electrons. The Hall–Kier alpha value is -3.35. The molecule has 7 nitrogen and oxygen atoms in total. The first-order valence-electron chi connectivity index (χ1n) is 8.05. The molecule has 0 aromatic heterocycles. The summed E-state index contributed by atoms with van der Waals surface area (Å²) in [5.74, 6) is -0.994. The molecule has 0 heterocycles. The number of anilines is 1. The molecule has 26 heavy (non-hydrogen) atoms. The first-order chi connectivity index (χ1) is 12.4. The Morgan fingerprint density at radius 1 is 1.08 bits per heavy atom. The normalized spacial score (nSPS) is 11.3. The summed E-state index contributed by atoms with van der Waals surface area (Å²) in [6, 6.07) is 12.6. The van der Waals surface area contributed by atoms with E-state index in [-0.39, 0.29) is 12.5 Å². The second kappa shape index (κ2) is 8.66. The molecule has 0 aliphatic heterocycles. The molecule has 1 atom stereocenters. The van der Waals surface area contributed by atoms with Crippen LogP contribution in [-0.2, 0) is 9.53 Å². The second-order valence-electron chi connectivity index (χ2n) is 5.44. The molecule has 0 unspecified atom stereocenters. The fourth-order valence-electron chi connectivity index (χ4n) is 2.13. The maximum atomic E-state index is 12.2. The number of primary amides is 1. The molecule has 0 fully saturated rings. The smallest absolute Gasteiger partial charge is 0.338 e. The number of nitrogens with one attached hydrogen (secondary N) is 1. The van der Waals surface area contributed by atoms with E-state index in [9.17, 15) is 14.4 Å². The molecule has 0 spiro atoms. The average molecular weight is 356 g/mol. The monoisotopic (exact) mass is 356 g/mol. The highest BCUT2D eigenvalue weighted by Crippen LogP contribution is 2.17. The number of ether oxygens (including phenoxy) is 2. The van der Waals surface area contributed by atoms with Crippen LogP contribution in [0.15, 0.2) is 48.5 Å². The second-order valence-corrected chi connectivity index (χ2v) is 5.44. The Balaban J connectivity index is 1.99. The molecule has 0 bridgehead atoms. The lowest BCUT2D eigenvalue weighted by molar-refractivity contribution is -0.122. The third kappa shape index (κ3) is 5.07. The lowest BCUT2D eigenvalue weighted by Gasteiger charge is -2.15. The van der Waals surface area contributed by atoms with Gasteiger partial charge in [0, 0.05) is 11.3 Å². The molecule has 7 heteroatoms. The van der Waals surface area contributed by atoms with E-state index in [0.717, 1.165) is 0 Å². The van der Waals surface area contributed by atoms with Crippen LogP contribution < -0.4 is 15.8 Å². The summed E-state index contributed by atoms with van der Waals surface area (Å²) >= 11 is 0. The largest absolute Gasteiger partial charge is 0.481 e. The molecule has 2 aromatic carbocycles. The van der Waals surface area contributed by atoms with Gasteiger partial charge in [0.25, 0.3) is 5.91 Å². The summed E-state index contributed by atoms with van der Waals surface area (Å²) < 4.78 is 10.5. The third-order valence-corrected chi connectivity index (χ3v) is 3.46. The van der Waals surface area contributed by atoms with Gasteiger partial charge in [0.05, 0.1) is 12.2 Å². The van der Waals surface area contributed by atoms with Gasteiger partial charge in [-0.25, -0.2) is 4.79 Å². The summed E-state index contributed by atoms with van der Waals surface area (Å²) in [5.41, 5.74) is 6.38. The van der Waals surface area contributed by atoms with Gasteiger partial charge >= 0.3 is 5.97 Å². The van der Waals surface area contributed by atoms with E-state index < -0.39 is 18.0 Å². The quantitative estimate of drug-likeness (QED) is 0.741. The van der Waals surface area contributed by atoms with Gasteiger partial charge in [-0.3, -0.25) is 9.59 Å². The Kier molecular flexibility index (Phi) is 6.32. The SMILES string of the molecule is CCOC(=O)c1cccc(O[C@@H](C)C(=O)Nc2ccc(C(N)=O)cc2)c1. The minimum Gasteiger partial charge on any atom is -0.481 e. The first-order valence-corrected chi connectivity index (χ1v) is 8.05. The number of esters is 1. The van der Waals surface area contributed by atoms with Crippen molar-refractivity contribution in [3.63, 3.8) is 0 Å². The van der Waals surface area contributed by atoms with Gasteiger partial charge in [0.2, 0.25) is 5.91 Å². The van der Waals surface area contributed by atoms with E-state index >= 15 is 0 Å². The molecule has 0 saturated heterocycles. The van der Waals surface area contributed by atoms with Gasteiger partial charge in [-0.1, -0.05) is 6.07 Å². The Labute approximate surface area is 151 Å². The molecule has 0 saturated carbocycles. The van der Waals surface area contributed by atoms with Crippen molar-refractivity contribution in [1.29, 1.82) is 0 Å². The van der Waals surface area contributed by atoms with Crippen molar-refractivity contribution < 1.29 is 23.9 Å². The Bertz CT molecular complexity index is 802. The van der Waals surface area contributed by atoms with Crippen LogP contribution in [0.2, 0.25) is 0 Å². The lowest BCUT2D eigenvalue weighted by Crippen LogP contribution is -2.30. The average Bonchev–Trinajstić information content (AvgIpc) is 2.62. The molecule has 2 amide bonds. The van der Waals surface area contributed by atoms with Crippen molar-refractivity contribution >= 4 is 23.5 Å². The third-order valence-electron chi connectivity index (χ3n) is 3.46. The van der Waals surface area contributed by atoms with Gasteiger partial charge in [-0.15, -0.1) is 0 Å². The molecule has 3 N–H and O–H groups in total. The van der Waals surface area contributed by atoms with Crippen molar-refractivity contribution in [3.8, 4) is 5.75 Å². The zero-order valence-corrected chi connectivity index (χ0v) is 14.5. The predicted octanol–water partition coefficient (Wildman–Crippen LogP) is 2.37. The van der Waals surface area contributed by atoms with E-state index in [1.165, 1.54) is 18.2 Å². The van der Waals surface area contributed by atoms with Crippen LogP contribution in [-0.4, -0.2) is 30.5 Å². The van der Waals surface area contributed by atoms with Gasteiger partial charge in [-0.05, 0) is 56.3 Å². The van der Waals surface area contributed by atoms with E-state index in [4.69, 9.17) is 15.2 Å². The number of hydrogen-bond donors (Lipinski definition) is 2. The molecule has 2 rings (SSSR count). The predicted molar refractivity (Wildman–Crippen MR) is 96.1 cm³/mol. The summed E-state index contributed by atoms with van der Waals surface area (Å²) in [6.45, 7) is 3.59. The van der Waals surface area contributed by atoms with E-state index in [2.05, 4.69) is 5.32 Å². The van der Waals surface area contributed by atoms with Gasteiger partial charge in [0.1, 0.15) is 5.75 Å². The standard InChI is InChI=1S/C19H20N2O5/c1-3-25-19(24)14-5-4-6-16(11-14)26-12(2)18(23)21-15-9-7-13(8-10-15)17(20)22/h4-12H,3H2,1-2H3,(H2,20,22)(H,21,23)/t12-/m0/s1. The highest BCUT2D eigenvalue weighted by Gasteiger charge is 2.16. The highest BCUT2D eigenvalue weighted by molar-refractivity contribution is 5.96. The fourth-order valence-corrected chi connectivity index (χ4v) is 2.13. The maximum Gasteiger partial charge on any atom is 0.338 e. The zero-order valence-electron chi connectivity index (χ0n) is 14.5. The van der Waals surface area contributed by atoms with Crippen LogP contribution in [0.1, 0.15) is 34.6 Å². The van der Waals surface area contributed by atoms with Crippen LogP contribution in [0.5, 0.6) is 5.75 Å². The van der Waals surface area contributed by atoms with E-state index in [1.807, 2.05) is 0 Å². The number of nitrogens with two attached hydrogens (primary N) is 1. The van der Waals surface area contributed by atoms with E-state index in [0.29, 0.717) is 22.6 Å². The first kappa shape index (κ1) is 19.0. The van der Waals surface area contributed by atoms with Crippen molar-refractivity contribution in [2.24, 2.45) is 5.73 Å². The molecular weight excluding hydrogens is 336 g/mol. The van der Waals surface area contributed by atoms with Crippen molar-refractivity contribution in [3.05, 3.63) is 59.7 Å². The van der Waals surface area contributed by atoms with Gasteiger partial charge < -0.3 is 20.5 Å². The van der Waals surface area contributed by atoms with Crippen molar-refractivity contribution in [1.82, 2.24) is 0 Å². The molecule has 0 aliphatic rings. The Morgan fingerprint density at radius 3 is 2.38 bits per heavy atom. The van der Waals surface area contributed by atoms with Crippen LogP contribution in [0.3, 0.4) is 0 Å². The number of carbonyl (C=O) groups is 3. The topological polar surface area (TPSA) is 108 Å². The van der Waals surface area contributed by atoms with Crippen molar-refractivity contribution in [2.75, 3.05) is 11.9 Å². The Morgan fingerprint density at radius 2 is 1.77 bits per heavy atom. The summed E-state index contributed by atoms with van der Waals surface area (Å²) in [5, 5.41) is 2.68. The minimum absolute atomic E-state index is 0.275. The highest BCUT2D eigenvalue weighted by atomic mass is 16.5. The van der Waals surface area contributed by atoms with Crippen LogP contribution in [0.25, 0.3) is 0 Å². The van der Waals surface area contributed by atoms with Crippen LogP contribution >= 0.6 is 0 Å². The number of amides is 2. The molecule has 2 aromatic rings. The van der Waals surface area contributed by atoms with Gasteiger partial charge in [-0.2, -0.15) is 0 Å². The number of hydrogen-bond acceptors (Lipinski definition) is 5. The van der Waals surface area contributed by atoms with Gasteiger partial charge in [0.15, 0.2) is 6.10 Å². The number of benzene rings is 2. The fraction of sp³-hybridized carbons (Fsp3) is 0.211. The lowest BCUT2D eigenvalue weighted by atomic mass is 10.2. The minimum atomic E-state index is -0.803. The zero-order chi connectivity index (χ0) is 19.1. The van der Waals surface area contributed by atoms with Crippen molar-refractivity contribution in [2.45, 2.75) is 20.0 Å². The summed E-state index contributed by atoms with van der Waals surface area (Å²) in [7, 11) is 0. The molecular formula is C19H20N2O5. The van der Waals surface area contributed by atoms with Crippen LogP contribution in [0.4, 0.5) is 5.69 Å². The molecule has 136 valence electrons. The van der Waals surface area contributed by atoms with E-state index in [1.54, 1.807) is 44.2 Å². The van der Waals surface area contributed by atoms with Crippen LogP contribution in [0, 0.1) is 0 Å².